The van der Waals surface area contributed by atoms with E-state index in [1.54, 1.807) is 4.68 Å². The van der Waals surface area contributed by atoms with E-state index in [0.717, 1.165) is 25.1 Å². The summed E-state index contributed by atoms with van der Waals surface area (Å²) < 4.78 is 1.76. The van der Waals surface area contributed by atoms with Crippen molar-refractivity contribution in [1.82, 2.24) is 20.3 Å². The zero-order valence-electron chi connectivity index (χ0n) is 11.8. The zero-order chi connectivity index (χ0) is 12.9. The van der Waals surface area contributed by atoms with Gasteiger partial charge in [-0.2, -0.15) is 0 Å². The molecule has 1 aromatic rings. The average Bonchev–Trinajstić information content (AvgIpc) is 2.62. The first-order chi connectivity index (χ1) is 7.93. The Kier molecular flexibility index (Phi) is 5.12. The first-order valence-corrected chi connectivity index (χ1v) is 6.52. The molecule has 17 heavy (non-hydrogen) atoms. The second-order valence-electron chi connectivity index (χ2n) is 5.79. The Morgan fingerprint density at radius 3 is 2.59 bits per heavy atom. The number of nitrogens with zero attached hydrogens (tertiary/aromatic N) is 3. The number of rotatable bonds is 6. The molecule has 1 heterocycles. The fourth-order valence-electron chi connectivity index (χ4n) is 1.96. The van der Waals surface area contributed by atoms with Gasteiger partial charge in [0.15, 0.2) is 0 Å². The Morgan fingerprint density at radius 2 is 2.12 bits per heavy atom. The van der Waals surface area contributed by atoms with Crippen LogP contribution in [-0.4, -0.2) is 27.6 Å². The Morgan fingerprint density at radius 1 is 1.41 bits per heavy atom. The van der Waals surface area contributed by atoms with Crippen molar-refractivity contribution in [1.29, 1.82) is 0 Å². The molecular weight excluding hydrogens is 212 g/mol. The van der Waals surface area contributed by atoms with Gasteiger partial charge in [-0.3, -0.25) is 4.68 Å². The highest BCUT2D eigenvalue weighted by molar-refractivity contribution is 4.94. The molecule has 0 amide bonds. The van der Waals surface area contributed by atoms with Crippen LogP contribution in [0, 0.1) is 5.41 Å². The van der Waals surface area contributed by atoms with E-state index in [0.29, 0.717) is 6.04 Å². The number of nitrogens with one attached hydrogen (secondary N) is 1. The molecule has 4 heteroatoms. The molecule has 1 aromatic heterocycles. The van der Waals surface area contributed by atoms with Crippen LogP contribution in [0.4, 0.5) is 0 Å². The van der Waals surface area contributed by atoms with Crippen molar-refractivity contribution in [3.8, 4) is 0 Å². The van der Waals surface area contributed by atoms with Crippen LogP contribution in [0.5, 0.6) is 0 Å². The van der Waals surface area contributed by atoms with Gasteiger partial charge < -0.3 is 5.32 Å². The van der Waals surface area contributed by atoms with Gasteiger partial charge in [0, 0.05) is 19.3 Å². The highest BCUT2D eigenvalue weighted by atomic mass is 15.4. The Labute approximate surface area is 105 Å². The summed E-state index contributed by atoms with van der Waals surface area (Å²) in [6.45, 7) is 10.2. The Balaban J connectivity index is 2.49. The van der Waals surface area contributed by atoms with Crippen LogP contribution in [0.1, 0.15) is 46.2 Å². The minimum atomic E-state index is 0.289. The maximum absolute atomic E-state index is 4.14. The molecule has 0 aromatic carbocycles. The molecule has 0 saturated carbocycles. The lowest BCUT2D eigenvalue weighted by molar-refractivity contribution is 0.255. The summed E-state index contributed by atoms with van der Waals surface area (Å²) in [6.07, 6.45) is 5.28. The van der Waals surface area contributed by atoms with E-state index < -0.39 is 0 Å². The third-order valence-corrected chi connectivity index (χ3v) is 3.03. The van der Waals surface area contributed by atoms with Crippen molar-refractivity contribution in [2.75, 3.05) is 6.54 Å². The second-order valence-corrected chi connectivity index (χ2v) is 5.79. The number of aryl methyl sites for hydroxylation is 2. The van der Waals surface area contributed by atoms with E-state index in [1.165, 1.54) is 6.42 Å². The van der Waals surface area contributed by atoms with Crippen molar-refractivity contribution in [2.45, 2.75) is 53.0 Å². The molecular formula is C13H26N4. The van der Waals surface area contributed by atoms with E-state index in [1.807, 2.05) is 13.2 Å². The topological polar surface area (TPSA) is 42.7 Å². The molecule has 0 fully saturated rings. The molecule has 1 N–H and O–H groups in total. The molecule has 0 aliphatic heterocycles. The molecule has 4 nitrogen and oxygen atoms in total. The number of aromatic nitrogens is 3. The maximum Gasteiger partial charge on any atom is 0.0827 e. The van der Waals surface area contributed by atoms with E-state index in [-0.39, 0.29) is 5.41 Å². The smallest absolute Gasteiger partial charge is 0.0827 e. The van der Waals surface area contributed by atoms with Gasteiger partial charge in [-0.1, -0.05) is 32.9 Å². The summed E-state index contributed by atoms with van der Waals surface area (Å²) in [5.74, 6) is 0. The van der Waals surface area contributed by atoms with Gasteiger partial charge >= 0.3 is 0 Å². The quantitative estimate of drug-likeness (QED) is 0.826. The first kappa shape index (κ1) is 14.2. The van der Waals surface area contributed by atoms with Crippen molar-refractivity contribution in [2.24, 2.45) is 12.5 Å². The van der Waals surface area contributed by atoms with Gasteiger partial charge in [-0.15, -0.1) is 5.10 Å². The summed E-state index contributed by atoms with van der Waals surface area (Å²) in [5.41, 5.74) is 1.37. The van der Waals surface area contributed by atoms with E-state index in [2.05, 4.69) is 43.3 Å². The summed E-state index contributed by atoms with van der Waals surface area (Å²) in [6, 6.07) is 0.532. The lowest BCUT2D eigenvalue weighted by Gasteiger charge is -2.31. The van der Waals surface area contributed by atoms with Crippen molar-refractivity contribution >= 4 is 0 Å². The predicted octanol–water partition coefficient (Wildman–Crippen LogP) is 2.16. The van der Waals surface area contributed by atoms with Crippen molar-refractivity contribution < 1.29 is 0 Å². The van der Waals surface area contributed by atoms with Crippen LogP contribution in [0.3, 0.4) is 0 Å². The number of hydrogen-bond donors (Lipinski definition) is 1. The molecule has 0 bridgehead atoms. The molecule has 1 unspecified atom stereocenters. The highest BCUT2D eigenvalue weighted by Crippen LogP contribution is 2.22. The summed E-state index contributed by atoms with van der Waals surface area (Å²) in [5, 5.41) is 11.7. The SMILES string of the molecule is CCCNC(CCc1cn(C)nn1)C(C)(C)C. The van der Waals surface area contributed by atoms with Gasteiger partial charge in [0.25, 0.3) is 0 Å². The molecule has 0 radical (unpaired) electrons. The molecule has 0 aliphatic rings. The molecule has 1 rings (SSSR count). The average molecular weight is 238 g/mol. The van der Waals surface area contributed by atoms with Crippen molar-refractivity contribution in [3.63, 3.8) is 0 Å². The second kappa shape index (κ2) is 6.15. The molecule has 0 saturated heterocycles. The first-order valence-electron chi connectivity index (χ1n) is 6.52. The number of hydrogen-bond acceptors (Lipinski definition) is 3. The lowest BCUT2D eigenvalue weighted by atomic mass is 9.83. The van der Waals surface area contributed by atoms with Crippen LogP contribution in [0.2, 0.25) is 0 Å². The van der Waals surface area contributed by atoms with Gasteiger partial charge in [0.1, 0.15) is 0 Å². The van der Waals surface area contributed by atoms with E-state index >= 15 is 0 Å². The Hall–Kier alpha value is -0.900. The third kappa shape index (κ3) is 4.86. The minimum Gasteiger partial charge on any atom is -0.313 e. The molecule has 0 spiro atoms. The van der Waals surface area contributed by atoms with Crippen LogP contribution in [0.25, 0.3) is 0 Å². The maximum atomic E-state index is 4.14. The van der Waals surface area contributed by atoms with Crippen LogP contribution in [-0.2, 0) is 13.5 Å². The standard InChI is InChI=1S/C13H26N4/c1-6-9-14-12(13(2,3)4)8-7-11-10-17(5)16-15-11/h10,12,14H,6-9H2,1-5H3. The van der Waals surface area contributed by atoms with E-state index in [4.69, 9.17) is 0 Å². The molecule has 1 atom stereocenters. The normalized spacial score (nSPS) is 13.9. The summed E-state index contributed by atoms with van der Waals surface area (Å²) in [4.78, 5) is 0. The van der Waals surface area contributed by atoms with Crippen LogP contribution < -0.4 is 5.32 Å². The summed E-state index contributed by atoms with van der Waals surface area (Å²) in [7, 11) is 1.91. The van der Waals surface area contributed by atoms with Gasteiger partial charge in [-0.25, -0.2) is 0 Å². The fraction of sp³-hybridized carbons (Fsp3) is 0.846. The van der Waals surface area contributed by atoms with E-state index in [9.17, 15) is 0 Å². The van der Waals surface area contributed by atoms with Crippen LogP contribution >= 0.6 is 0 Å². The van der Waals surface area contributed by atoms with Gasteiger partial charge in [0.2, 0.25) is 0 Å². The monoisotopic (exact) mass is 238 g/mol. The minimum absolute atomic E-state index is 0.289. The third-order valence-electron chi connectivity index (χ3n) is 3.03. The molecule has 0 aliphatic carbocycles. The van der Waals surface area contributed by atoms with Crippen LogP contribution in [0.15, 0.2) is 6.20 Å². The Bertz CT molecular complexity index is 324. The highest BCUT2D eigenvalue weighted by Gasteiger charge is 2.23. The predicted molar refractivity (Wildman–Crippen MR) is 70.9 cm³/mol. The van der Waals surface area contributed by atoms with Crippen molar-refractivity contribution in [3.05, 3.63) is 11.9 Å². The molecule has 98 valence electrons. The summed E-state index contributed by atoms with van der Waals surface area (Å²) >= 11 is 0. The lowest BCUT2D eigenvalue weighted by Crippen LogP contribution is -2.41. The fourth-order valence-corrected chi connectivity index (χ4v) is 1.96. The van der Waals surface area contributed by atoms with Gasteiger partial charge in [0.05, 0.1) is 5.69 Å². The largest absolute Gasteiger partial charge is 0.313 e. The van der Waals surface area contributed by atoms with Gasteiger partial charge in [-0.05, 0) is 31.2 Å². The zero-order valence-corrected chi connectivity index (χ0v) is 11.8.